The summed E-state index contributed by atoms with van der Waals surface area (Å²) in [6, 6.07) is 4.44. The normalized spacial score (nSPS) is 12.8. The smallest absolute Gasteiger partial charge is 0.271 e. The minimum Gasteiger partial charge on any atom is -0.391 e. The van der Waals surface area contributed by atoms with Crippen molar-refractivity contribution in [3.05, 3.63) is 28.3 Å². The molecule has 0 saturated carbocycles. The minimum atomic E-state index is -0.470. The predicted octanol–water partition coefficient (Wildman–Crippen LogP) is 1.90. The van der Waals surface area contributed by atoms with Crippen molar-refractivity contribution in [1.82, 2.24) is 9.97 Å². The van der Waals surface area contributed by atoms with Gasteiger partial charge in [0, 0.05) is 18.7 Å². The Morgan fingerprint density at radius 1 is 1.53 bits per heavy atom. The molecule has 0 saturated heterocycles. The Morgan fingerprint density at radius 2 is 2.26 bits per heavy atom. The number of rotatable bonds is 5. The van der Waals surface area contributed by atoms with Gasteiger partial charge in [-0.3, -0.25) is 10.1 Å². The number of aromatic nitrogens is 2. The average Bonchev–Trinajstić information content (AvgIpc) is 2.77. The molecule has 1 aromatic heterocycles. The van der Waals surface area contributed by atoms with Crippen molar-refractivity contribution in [3.63, 3.8) is 0 Å². The first-order chi connectivity index (χ1) is 8.97. The van der Waals surface area contributed by atoms with Crippen LogP contribution in [0.25, 0.3) is 11.0 Å². The highest BCUT2D eigenvalue weighted by Crippen LogP contribution is 2.20. The fourth-order valence-electron chi connectivity index (χ4n) is 1.63. The van der Waals surface area contributed by atoms with Gasteiger partial charge in [0.25, 0.3) is 5.69 Å². The van der Waals surface area contributed by atoms with Crippen molar-refractivity contribution in [1.29, 1.82) is 0 Å². The quantitative estimate of drug-likeness (QED) is 0.565. The summed E-state index contributed by atoms with van der Waals surface area (Å²) < 4.78 is 0. The zero-order chi connectivity index (χ0) is 14.0. The summed E-state index contributed by atoms with van der Waals surface area (Å²) in [6.07, 6.45) is -0.470. The van der Waals surface area contributed by atoms with Gasteiger partial charge >= 0.3 is 0 Å². The molecule has 0 radical (unpaired) electrons. The summed E-state index contributed by atoms with van der Waals surface area (Å²) in [7, 11) is 0. The summed E-state index contributed by atoms with van der Waals surface area (Å²) in [5.41, 5.74) is 1.26. The number of imidazole rings is 1. The zero-order valence-corrected chi connectivity index (χ0v) is 10.8. The molecule has 1 unspecified atom stereocenters. The van der Waals surface area contributed by atoms with Gasteiger partial charge in [0.15, 0.2) is 0 Å². The van der Waals surface area contributed by atoms with Crippen molar-refractivity contribution < 1.29 is 10.0 Å². The average molecular weight is 264 g/mol. The molecular formula is C12H16N4O3. The van der Waals surface area contributed by atoms with Crippen LogP contribution in [-0.4, -0.2) is 32.6 Å². The molecule has 19 heavy (non-hydrogen) atoms. The first-order valence-corrected chi connectivity index (χ1v) is 6.03. The maximum absolute atomic E-state index is 10.7. The molecule has 2 aromatic rings. The number of benzene rings is 1. The molecule has 0 aliphatic rings. The molecule has 1 heterocycles. The van der Waals surface area contributed by atoms with E-state index in [2.05, 4.69) is 15.3 Å². The van der Waals surface area contributed by atoms with Crippen LogP contribution in [0.1, 0.15) is 13.8 Å². The van der Waals surface area contributed by atoms with Crippen LogP contribution in [0, 0.1) is 16.0 Å². The number of H-pyrrole nitrogens is 1. The lowest BCUT2D eigenvalue weighted by Gasteiger charge is -2.14. The topological polar surface area (TPSA) is 104 Å². The second-order valence-electron chi connectivity index (χ2n) is 4.74. The van der Waals surface area contributed by atoms with Gasteiger partial charge in [-0.05, 0) is 12.0 Å². The number of nitrogens with one attached hydrogen (secondary N) is 2. The summed E-state index contributed by atoms with van der Waals surface area (Å²) in [5, 5.41) is 23.3. The molecule has 0 amide bonds. The van der Waals surface area contributed by atoms with Gasteiger partial charge in [0.05, 0.1) is 22.1 Å². The fourth-order valence-corrected chi connectivity index (χ4v) is 1.63. The van der Waals surface area contributed by atoms with Crippen molar-refractivity contribution in [2.45, 2.75) is 20.0 Å². The van der Waals surface area contributed by atoms with E-state index >= 15 is 0 Å². The number of anilines is 1. The van der Waals surface area contributed by atoms with Gasteiger partial charge in [0.1, 0.15) is 0 Å². The number of nitro groups is 1. The van der Waals surface area contributed by atoms with Gasteiger partial charge in [-0.25, -0.2) is 4.98 Å². The number of fused-ring (bicyclic) bond motifs is 1. The number of hydrogen-bond donors (Lipinski definition) is 3. The zero-order valence-electron chi connectivity index (χ0n) is 10.8. The highest BCUT2D eigenvalue weighted by Gasteiger charge is 2.12. The number of aliphatic hydroxyl groups excluding tert-OH is 1. The first kappa shape index (κ1) is 13.3. The largest absolute Gasteiger partial charge is 0.391 e. The van der Waals surface area contributed by atoms with Crippen molar-refractivity contribution in [2.24, 2.45) is 5.92 Å². The highest BCUT2D eigenvalue weighted by molar-refractivity contribution is 5.79. The SMILES string of the molecule is CC(C)C(O)CNc1nc2ccc([N+](=O)[O-])cc2[nH]1. The van der Waals surface area contributed by atoms with E-state index in [1.54, 1.807) is 6.07 Å². The van der Waals surface area contributed by atoms with Crippen molar-refractivity contribution in [3.8, 4) is 0 Å². The molecular weight excluding hydrogens is 248 g/mol. The molecule has 102 valence electrons. The lowest BCUT2D eigenvalue weighted by Crippen LogP contribution is -2.25. The standard InChI is InChI=1S/C12H16N4O3/c1-7(2)11(17)6-13-12-14-9-4-3-8(16(18)19)5-10(9)15-12/h3-5,7,11,17H,6H2,1-2H3,(H2,13,14,15). The van der Waals surface area contributed by atoms with E-state index in [9.17, 15) is 15.2 Å². The molecule has 2 rings (SSSR count). The Kier molecular flexibility index (Phi) is 3.66. The summed E-state index contributed by atoms with van der Waals surface area (Å²) in [4.78, 5) is 17.4. The number of hydrogen-bond acceptors (Lipinski definition) is 5. The Hall–Kier alpha value is -2.15. The van der Waals surface area contributed by atoms with Crippen molar-refractivity contribution in [2.75, 3.05) is 11.9 Å². The monoisotopic (exact) mass is 264 g/mol. The van der Waals surface area contributed by atoms with Crippen LogP contribution in [0.5, 0.6) is 0 Å². The molecule has 1 aromatic carbocycles. The van der Waals surface area contributed by atoms with E-state index in [0.717, 1.165) is 0 Å². The summed E-state index contributed by atoms with van der Waals surface area (Å²) >= 11 is 0. The van der Waals surface area contributed by atoms with E-state index < -0.39 is 11.0 Å². The number of nitro benzene ring substituents is 1. The summed E-state index contributed by atoms with van der Waals surface area (Å²) in [6.45, 7) is 4.22. The van der Waals surface area contributed by atoms with Crippen LogP contribution < -0.4 is 5.32 Å². The highest BCUT2D eigenvalue weighted by atomic mass is 16.6. The molecule has 0 bridgehead atoms. The number of aliphatic hydroxyl groups is 1. The molecule has 0 aliphatic carbocycles. The summed E-state index contributed by atoms with van der Waals surface area (Å²) in [5.74, 6) is 0.646. The van der Waals surface area contributed by atoms with Crippen LogP contribution in [0.4, 0.5) is 11.6 Å². The van der Waals surface area contributed by atoms with E-state index in [-0.39, 0.29) is 11.6 Å². The van der Waals surface area contributed by atoms with Crippen LogP contribution in [0.15, 0.2) is 18.2 Å². The molecule has 1 atom stereocenters. The maximum Gasteiger partial charge on any atom is 0.271 e. The van der Waals surface area contributed by atoms with E-state index in [1.807, 2.05) is 13.8 Å². The molecule has 3 N–H and O–H groups in total. The van der Waals surface area contributed by atoms with Gasteiger partial charge in [-0.15, -0.1) is 0 Å². The van der Waals surface area contributed by atoms with Crippen LogP contribution in [0.3, 0.4) is 0 Å². The lowest BCUT2D eigenvalue weighted by molar-refractivity contribution is -0.384. The Morgan fingerprint density at radius 3 is 2.89 bits per heavy atom. The third-order valence-corrected chi connectivity index (χ3v) is 2.92. The second kappa shape index (κ2) is 5.23. The van der Waals surface area contributed by atoms with Gasteiger partial charge < -0.3 is 15.4 Å². The van der Waals surface area contributed by atoms with Gasteiger partial charge in [-0.2, -0.15) is 0 Å². The minimum absolute atomic E-state index is 0.0184. The molecule has 0 fully saturated rings. The number of nitrogens with zero attached hydrogens (tertiary/aromatic N) is 2. The predicted molar refractivity (Wildman–Crippen MR) is 72.1 cm³/mol. The van der Waals surface area contributed by atoms with E-state index in [1.165, 1.54) is 12.1 Å². The third-order valence-electron chi connectivity index (χ3n) is 2.92. The molecule has 0 aliphatic heterocycles. The Balaban J connectivity index is 2.15. The third kappa shape index (κ3) is 3.00. The van der Waals surface area contributed by atoms with Crippen LogP contribution in [-0.2, 0) is 0 Å². The van der Waals surface area contributed by atoms with Gasteiger partial charge in [-0.1, -0.05) is 13.8 Å². The number of aromatic amines is 1. The van der Waals surface area contributed by atoms with E-state index in [0.29, 0.717) is 23.5 Å². The lowest BCUT2D eigenvalue weighted by atomic mass is 10.1. The van der Waals surface area contributed by atoms with Gasteiger partial charge in [0.2, 0.25) is 5.95 Å². The Labute approximate surface area is 109 Å². The van der Waals surface area contributed by atoms with Crippen LogP contribution in [0.2, 0.25) is 0 Å². The molecule has 0 spiro atoms. The fraction of sp³-hybridized carbons (Fsp3) is 0.417. The van der Waals surface area contributed by atoms with Crippen LogP contribution >= 0.6 is 0 Å². The number of non-ortho nitro benzene ring substituents is 1. The second-order valence-corrected chi connectivity index (χ2v) is 4.74. The Bertz CT molecular complexity index is 594. The first-order valence-electron chi connectivity index (χ1n) is 6.03. The molecule has 7 nitrogen and oxygen atoms in total. The maximum atomic E-state index is 10.7. The van der Waals surface area contributed by atoms with Crippen molar-refractivity contribution >= 4 is 22.7 Å². The molecule has 7 heteroatoms. The van der Waals surface area contributed by atoms with E-state index in [4.69, 9.17) is 0 Å².